The van der Waals surface area contributed by atoms with E-state index in [-0.39, 0.29) is 17.7 Å². The van der Waals surface area contributed by atoms with Gasteiger partial charge in [0.1, 0.15) is 6.10 Å². The smallest absolute Gasteiger partial charge is 0.390 e. The summed E-state index contributed by atoms with van der Waals surface area (Å²) < 4.78 is 40.9. The zero-order valence-corrected chi connectivity index (χ0v) is 12.7. The number of hydrogen-bond donors (Lipinski definition) is 2. The molecule has 1 aromatic heterocycles. The number of halogens is 3. The summed E-state index contributed by atoms with van der Waals surface area (Å²) in [5, 5.41) is 18.7. The maximum atomic E-state index is 11.9. The van der Waals surface area contributed by atoms with Crippen LogP contribution in [-0.4, -0.2) is 45.1 Å². The fourth-order valence-corrected chi connectivity index (χ4v) is 2.00. The van der Waals surface area contributed by atoms with Crippen LogP contribution >= 0.6 is 0 Å². The number of aliphatic hydroxyl groups excluding tert-OH is 2. The minimum Gasteiger partial charge on any atom is -0.390 e. The molecule has 22 heavy (non-hydrogen) atoms. The molecular weight excluding hydrogens is 301 g/mol. The molecule has 3 unspecified atom stereocenters. The van der Waals surface area contributed by atoms with Crippen molar-refractivity contribution in [3.63, 3.8) is 0 Å². The van der Waals surface area contributed by atoms with Crippen LogP contribution in [0, 0.1) is 12.8 Å². The second-order valence-corrected chi connectivity index (χ2v) is 5.47. The molecular formula is C14H21F3N2O3. The van der Waals surface area contributed by atoms with Gasteiger partial charge in [0.05, 0.1) is 24.1 Å². The largest absolute Gasteiger partial charge is 0.434 e. The van der Waals surface area contributed by atoms with Gasteiger partial charge in [0.25, 0.3) is 0 Å². The van der Waals surface area contributed by atoms with E-state index in [9.17, 15) is 23.4 Å². The number of nitrogens with zero attached hydrogens (tertiary/aromatic N) is 2. The molecule has 0 amide bonds. The van der Waals surface area contributed by atoms with Gasteiger partial charge in [-0.25, -0.2) is 4.98 Å². The molecule has 0 radical (unpaired) electrons. The predicted octanol–water partition coefficient (Wildman–Crippen LogP) is 1.96. The van der Waals surface area contributed by atoms with E-state index < -0.39 is 24.1 Å². The molecule has 1 saturated heterocycles. The van der Waals surface area contributed by atoms with Gasteiger partial charge in [-0.1, -0.05) is 13.8 Å². The van der Waals surface area contributed by atoms with Crippen molar-refractivity contribution in [2.45, 2.75) is 51.7 Å². The van der Waals surface area contributed by atoms with Gasteiger partial charge in [-0.05, 0) is 19.3 Å². The van der Waals surface area contributed by atoms with Crippen LogP contribution in [0.5, 0.6) is 0 Å². The molecule has 2 N–H and O–H groups in total. The molecule has 8 heteroatoms. The number of hydrogen-bond acceptors (Lipinski definition) is 5. The lowest BCUT2D eigenvalue weighted by Crippen LogP contribution is -2.46. The van der Waals surface area contributed by atoms with E-state index in [1.807, 2.05) is 13.8 Å². The highest BCUT2D eigenvalue weighted by molar-refractivity contribution is 5.04. The van der Waals surface area contributed by atoms with Crippen molar-refractivity contribution < 1.29 is 28.1 Å². The first-order valence-electron chi connectivity index (χ1n) is 6.96. The Labute approximate surface area is 127 Å². The third kappa shape index (κ3) is 5.51. The van der Waals surface area contributed by atoms with E-state index in [4.69, 9.17) is 4.74 Å². The number of alkyl halides is 3. The number of rotatable bonds is 1. The lowest BCUT2D eigenvalue weighted by atomic mass is 9.94. The Morgan fingerprint density at radius 3 is 2.32 bits per heavy atom. The van der Waals surface area contributed by atoms with Gasteiger partial charge in [0.2, 0.25) is 0 Å². The summed E-state index contributed by atoms with van der Waals surface area (Å²) >= 11 is 0. The Kier molecular flexibility index (Phi) is 6.70. The van der Waals surface area contributed by atoms with Crippen molar-refractivity contribution in [1.29, 1.82) is 0 Å². The Balaban J connectivity index is 0.000000220. The van der Waals surface area contributed by atoms with E-state index in [2.05, 4.69) is 9.97 Å². The van der Waals surface area contributed by atoms with Crippen LogP contribution in [0.2, 0.25) is 0 Å². The standard InChI is InChI=1S/C8H16O3.C6H5F3N2/c1-5(2)8-7(10)6(9)3-4-11-8;1-4-2-10-3-5(11-4)6(7,8)9/h5-10H,3-4H2,1-2H3;2-3H,1H3. The molecule has 2 rings (SSSR count). The van der Waals surface area contributed by atoms with Crippen molar-refractivity contribution >= 4 is 0 Å². The lowest BCUT2D eigenvalue weighted by molar-refractivity contribution is -0.149. The maximum absolute atomic E-state index is 11.9. The molecule has 126 valence electrons. The molecule has 0 aliphatic carbocycles. The summed E-state index contributed by atoms with van der Waals surface area (Å²) in [4.78, 5) is 6.63. The molecule has 1 aliphatic heterocycles. The molecule has 1 aromatic rings. The van der Waals surface area contributed by atoms with Gasteiger partial charge in [-0.3, -0.25) is 4.98 Å². The van der Waals surface area contributed by atoms with Crippen molar-refractivity contribution in [3.05, 3.63) is 23.8 Å². The Hall–Kier alpha value is -1.25. The highest BCUT2D eigenvalue weighted by atomic mass is 19.4. The first-order chi connectivity index (χ1) is 10.1. The normalized spacial score (nSPS) is 25.6. The monoisotopic (exact) mass is 322 g/mol. The van der Waals surface area contributed by atoms with Gasteiger partial charge in [-0.15, -0.1) is 0 Å². The van der Waals surface area contributed by atoms with E-state index in [0.717, 1.165) is 0 Å². The Bertz CT molecular complexity index is 469. The average molecular weight is 322 g/mol. The van der Waals surface area contributed by atoms with Crippen molar-refractivity contribution in [3.8, 4) is 0 Å². The average Bonchev–Trinajstić information content (AvgIpc) is 2.41. The summed E-state index contributed by atoms with van der Waals surface area (Å²) in [5.74, 6) is 0.264. The summed E-state index contributed by atoms with van der Waals surface area (Å²) in [6, 6.07) is 0. The third-order valence-electron chi connectivity index (χ3n) is 3.16. The Morgan fingerprint density at radius 1 is 1.27 bits per heavy atom. The number of aromatic nitrogens is 2. The predicted molar refractivity (Wildman–Crippen MR) is 73.0 cm³/mol. The molecule has 3 atom stereocenters. The van der Waals surface area contributed by atoms with E-state index >= 15 is 0 Å². The van der Waals surface area contributed by atoms with Crippen LogP contribution < -0.4 is 0 Å². The molecule has 0 saturated carbocycles. The Morgan fingerprint density at radius 2 is 1.91 bits per heavy atom. The molecule has 1 fully saturated rings. The zero-order valence-electron chi connectivity index (χ0n) is 12.7. The van der Waals surface area contributed by atoms with Crippen molar-refractivity contribution in [1.82, 2.24) is 9.97 Å². The van der Waals surface area contributed by atoms with Gasteiger partial charge in [-0.2, -0.15) is 13.2 Å². The second-order valence-electron chi connectivity index (χ2n) is 5.47. The van der Waals surface area contributed by atoms with Gasteiger partial charge < -0.3 is 14.9 Å². The third-order valence-corrected chi connectivity index (χ3v) is 3.16. The van der Waals surface area contributed by atoms with E-state index in [0.29, 0.717) is 19.2 Å². The molecule has 0 aromatic carbocycles. The highest BCUT2D eigenvalue weighted by Crippen LogP contribution is 2.26. The lowest BCUT2D eigenvalue weighted by Gasteiger charge is -2.34. The van der Waals surface area contributed by atoms with Crippen LogP contribution in [0.25, 0.3) is 0 Å². The van der Waals surface area contributed by atoms with Crippen LogP contribution in [0.1, 0.15) is 31.7 Å². The quantitative estimate of drug-likeness (QED) is 0.827. The van der Waals surface area contributed by atoms with Crippen molar-refractivity contribution in [2.75, 3.05) is 6.61 Å². The first kappa shape index (κ1) is 18.8. The minimum absolute atomic E-state index is 0.196. The molecule has 5 nitrogen and oxygen atoms in total. The summed E-state index contributed by atoms with van der Waals surface area (Å²) in [6.07, 6.45) is -3.37. The highest BCUT2D eigenvalue weighted by Gasteiger charge is 2.33. The van der Waals surface area contributed by atoms with Gasteiger partial charge in [0, 0.05) is 12.8 Å². The van der Waals surface area contributed by atoms with Crippen LogP contribution in [0.3, 0.4) is 0 Å². The van der Waals surface area contributed by atoms with Crippen LogP contribution in [-0.2, 0) is 10.9 Å². The van der Waals surface area contributed by atoms with Crippen molar-refractivity contribution in [2.24, 2.45) is 5.92 Å². The maximum Gasteiger partial charge on any atom is 0.434 e. The molecule has 2 heterocycles. The fourth-order valence-electron chi connectivity index (χ4n) is 2.00. The number of ether oxygens (including phenoxy) is 1. The van der Waals surface area contributed by atoms with E-state index in [1.54, 1.807) is 0 Å². The topological polar surface area (TPSA) is 75.5 Å². The zero-order chi connectivity index (χ0) is 16.9. The summed E-state index contributed by atoms with van der Waals surface area (Å²) in [7, 11) is 0. The van der Waals surface area contributed by atoms with Gasteiger partial charge >= 0.3 is 6.18 Å². The van der Waals surface area contributed by atoms with Gasteiger partial charge in [0.15, 0.2) is 5.69 Å². The molecule has 0 spiro atoms. The molecule has 1 aliphatic rings. The summed E-state index contributed by atoms with van der Waals surface area (Å²) in [5.41, 5.74) is -0.683. The second kappa shape index (κ2) is 7.85. The van der Waals surface area contributed by atoms with Crippen LogP contribution in [0.4, 0.5) is 13.2 Å². The molecule has 0 bridgehead atoms. The van der Waals surface area contributed by atoms with E-state index in [1.165, 1.54) is 13.1 Å². The van der Waals surface area contributed by atoms with Crippen LogP contribution in [0.15, 0.2) is 12.4 Å². The SMILES string of the molecule is CC(C)C1OCCC(O)C1O.Cc1cncc(C(F)(F)F)n1. The number of aryl methyl sites for hydroxylation is 1. The fraction of sp³-hybridized carbons (Fsp3) is 0.714. The minimum atomic E-state index is -4.39. The first-order valence-corrected chi connectivity index (χ1v) is 6.96. The summed E-state index contributed by atoms with van der Waals surface area (Å²) in [6.45, 7) is 5.97. The number of aliphatic hydroxyl groups is 2.